The van der Waals surface area contributed by atoms with Crippen LogP contribution in [0, 0.1) is 0 Å². The maximum Gasteiger partial charge on any atom is 0.203 e. The average molecular weight is 496 g/mol. The lowest BCUT2D eigenvalue weighted by atomic mass is 9.97. The molecule has 4 nitrogen and oxygen atoms in total. The zero-order valence-electron chi connectivity index (χ0n) is 19.8. The molecule has 5 heteroatoms. The van der Waals surface area contributed by atoms with Crippen molar-refractivity contribution in [1.29, 1.82) is 0 Å². The van der Waals surface area contributed by atoms with Crippen LogP contribution >= 0.6 is 11.3 Å². The Kier molecular flexibility index (Phi) is 5.26. The summed E-state index contributed by atoms with van der Waals surface area (Å²) >= 11 is 1.51. The van der Waals surface area contributed by atoms with Gasteiger partial charge in [-0.25, -0.2) is 4.98 Å². The number of hydrogen-bond acceptors (Lipinski definition) is 5. The first-order chi connectivity index (χ1) is 18.3. The van der Waals surface area contributed by atoms with E-state index in [1.807, 2.05) is 24.5 Å². The summed E-state index contributed by atoms with van der Waals surface area (Å²) in [6.45, 7) is 0. The first-order valence-electron chi connectivity index (χ1n) is 12.1. The highest BCUT2D eigenvalue weighted by Crippen LogP contribution is 2.35. The van der Waals surface area contributed by atoms with Gasteiger partial charge < -0.3 is 4.42 Å². The molecule has 176 valence electrons. The van der Waals surface area contributed by atoms with Gasteiger partial charge in [-0.15, -0.1) is 0 Å². The number of rotatable bonds is 5. The Bertz CT molecular complexity index is 1860. The smallest absolute Gasteiger partial charge is 0.203 e. The fourth-order valence-electron chi connectivity index (χ4n) is 4.75. The highest BCUT2D eigenvalue weighted by Gasteiger charge is 2.11. The van der Waals surface area contributed by atoms with E-state index in [0.29, 0.717) is 5.13 Å². The summed E-state index contributed by atoms with van der Waals surface area (Å²) in [5.41, 5.74) is 7.42. The van der Waals surface area contributed by atoms with Crippen LogP contribution in [0.3, 0.4) is 0 Å². The zero-order valence-corrected chi connectivity index (χ0v) is 20.6. The van der Waals surface area contributed by atoms with Crippen molar-refractivity contribution in [2.24, 2.45) is 5.10 Å². The van der Waals surface area contributed by atoms with Crippen LogP contribution in [0.4, 0.5) is 5.13 Å². The van der Waals surface area contributed by atoms with Crippen LogP contribution in [0.1, 0.15) is 5.56 Å². The van der Waals surface area contributed by atoms with E-state index in [4.69, 9.17) is 4.42 Å². The van der Waals surface area contributed by atoms with Crippen molar-refractivity contribution in [2.75, 3.05) is 5.43 Å². The van der Waals surface area contributed by atoms with Crippen molar-refractivity contribution in [3.05, 3.63) is 121 Å². The second kappa shape index (κ2) is 9.04. The molecule has 0 atom stereocenters. The molecule has 0 saturated carbocycles. The van der Waals surface area contributed by atoms with Crippen LogP contribution in [0.15, 0.2) is 125 Å². The minimum Gasteiger partial charge on any atom is -0.455 e. The second-order valence-electron chi connectivity index (χ2n) is 8.86. The molecule has 0 bridgehead atoms. The Morgan fingerprint density at radius 1 is 0.703 bits per heavy atom. The van der Waals surface area contributed by atoms with Gasteiger partial charge in [0, 0.05) is 10.9 Å². The van der Waals surface area contributed by atoms with Crippen LogP contribution < -0.4 is 5.43 Å². The molecule has 0 amide bonds. The highest BCUT2D eigenvalue weighted by atomic mass is 32.1. The molecular formula is C32H21N3OS. The van der Waals surface area contributed by atoms with E-state index in [0.717, 1.165) is 27.2 Å². The average Bonchev–Trinajstić information content (AvgIpc) is 3.60. The molecule has 0 spiro atoms. The number of aromatic nitrogens is 1. The van der Waals surface area contributed by atoms with Crippen LogP contribution in [-0.4, -0.2) is 11.2 Å². The number of fused-ring (bicyclic) bond motifs is 3. The van der Waals surface area contributed by atoms with E-state index in [-0.39, 0.29) is 0 Å². The molecule has 2 heterocycles. The number of nitrogens with one attached hydrogen (secondary N) is 1. The molecule has 0 aliphatic heterocycles. The van der Waals surface area contributed by atoms with Crippen LogP contribution in [0.25, 0.3) is 54.3 Å². The van der Waals surface area contributed by atoms with E-state index >= 15 is 0 Å². The molecule has 1 N–H and O–H groups in total. The molecule has 37 heavy (non-hydrogen) atoms. The maximum absolute atomic E-state index is 6.13. The molecule has 0 aliphatic rings. The molecule has 0 radical (unpaired) electrons. The van der Waals surface area contributed by atoms with Gasteiger partial charge >= 0.3 is 0 Å². The summed E-state index contributed by atoms with van der Waals surface area (Å²) in [7, 11) is 0. The van der Waals surface area contributed by atoms with Gasteiger partial charge in [0.1, 0.15) is 11.3 Å². The van der Waals surface area contributed by atoms with Crippen LogP contribution in [-0.2, 0) is 0 Å². The standard InChI is InChI=1S/C32H21N3OS/c1-2-8-21(9-3-1)22-14-15-29-25(16-22)18-30(36-29)31-20-33-32(37-31)35-34-19-28-26-12-6-4-10-23(26)17-24-11-5-7-13-27(24)28/h1-20H,(H,33,35)/b34-19-. The largest absolute Gasteiger partial charge is 0.455 e. The number of hydrazone groups is 1. The van der Waals surface area contributed by atoms with E-state index in [2.05, 4.69) is 113 Å². The van der Waals surface area contributed by atoms with Gasteiger partial charge in [-0.3, -0.25) is 5.43 Å². The Hall–Kier alpha value is -4.74. The third kappa shape index (κ3) is 4.05. The van der Waals surface area contributed by atoms with Gasteiger partial charge in [0.15, 0.2) is 0 Å². The molecule has 0 fully saturated rings. The Morgan fingerprint density at radius 3 is 2.22 bits per heavy atom. The molecule has 7 rings (SSSR count). The summed E-state index contributed by atoms with van der Waals surface area (Å²) in [6.07, 6.45) is 3.71. The summed E-state index contributed by atoms with van der Waals surface area (Å²) < 4.78 is 6.13. The molecule has 2 aromatic heterocycles. The van der Waals surface area contributed by atoms with Crippen molar-refractivity contribution in [1.82, 2.24) is 4.98 Å². The number of furan rings is 1. The normalized spacial score (nSPS) is 11.7. The molecule has 7 aromatic rings. The van der Waals surface area contributed by atoms with Gasteiger partial charge in [0.25, 0.3) is 0 Å². The summed E-state index contributed by atoms with van der Waals surface area (Å²) in [5.74, 6) is 0.801. The molecule has 5 aromatic carbocycles. The minimum atomic E-state index is 0.709. The fraction of sp³-hybridized carbons (Fsp3) is 0. The van der Waals surface area contributed by atoms with Crippen molar-refractivity contribution >= 4 is 55.2 Å². The molecule has 0 aliphatic carbocycles. The number of thiazole rings is 1. The lowest BCUT2D eigenvalue weighted by Gasteiger charge is -2.07. The lowest BCUT2D eigenvalue weighted by molar-refractivity contribution is 0.633. The predicted octanol–water partition coefficient (Wildman–Crippen LogP) is 8.98. The van der Waals surface area contributed by atoms with E-state index in [1.54, 1.807) is 0 Å². The van der Waals surface area contributed by atoms with E-state index < -0.39 is 0 Å². The SMILES string of the molecule is C(=N/Nc1ncc(-c2cc3cc(-c4ccccc4)ccc3o2)s1)/c1c2ccccc2cc2ccccc12. The Morgan fingerprint density at radius 2 is 1.43 bits per heavy atom. The van der Waals surface area contributed by atoms with Gasteiger partial charge in [0.2, 0.25) is 5.13 Å². The predicted molar refractivity (Wildman–Crippen MR) is 155 cm³/mol. The number of anilines is 1. The quantitative estimate of drug-likeness (QED) is 0.147. The van der Waals surface area contributed by atoms with Crippen LogP contribution in [0.5, 0.6) is 0 Å². The van der Waals surface area contributed by atoms with Crippen molar-refractivity contribution in [3.63, 3.8) is 0 Å². The number of benzene rings is 5. The van der Waals surface area contributed by atoms with E-state index in [1.165, 1.54) is 44.0 Å². The third-order valence-corrected chi connectivity index (χ3v) is 7.46. The lowest BCUT2D eigenvalue weighted by Crippen LogP contribution is -1.92. The Labute approximate surface area is 217 Å². The Balaban J connectivity index is 1.16. The number of hydrogen-bond donors (Lipinski definition) is 1. The van der Waals surface area contributed by atoms with Crippen molar-refractivity contribution in [2.45, 2.75) is 0 Å². The van der Waals surface area contributed by atoms with Gasteiger partial charge in [-0.2, -0.15) is 5.10 Å². The maximum atomic E-state index is 6.13. The summed E-state index contributed by atoms with van der Waals surface area (Å²) in [4.78, 5) is 5.47. The fourth-order valence-corrected chi connectivity index (χ4v) is 5.47. The van der Waals surface area contributed by atoms with Gasteiger partial charge in [0.05, 0.1) is 17.3 Å². The number of nitrogens with zero attached hydrogens (tertiary/aromatic N) is 2. The summed E-state index contributed by atoms with van der Waals surface area (Å²) in [5, 5.41) is 11.1. The van der Waals surface area contributed by atoms with Gasteiger partial charge in [-0.1, -0.05) is 96.3 Å². The van der Waals surface area contributed by atoms with E-state index in [9.17, 15) is 0 Å². The molecule has 0 saturated heterocycles. The summed E-state index contributed by atoms with van der Waals surface area (Å²) in [6, 6.07) is 37.7. The monoisotopic (exact) mass is 495 g/mol. The topological polar surface area (TPSA) is 50.4 Å². The first kappa shape index (κ1) is 21.5. The van der Waals surface area contributed by atoms with Crippen molar-refractivity contribution < 1.29 is 4.42 Å². The first-order valence-corrected chi connectivity index (χ1v) is 12.9. The van der Waals surface area contributed by atoms with Crippen molar-refractivity contribution in [3.8, 4) is 21.8 Å². The molecular weight excluding hydrogens is 474 g/mol. The molecule has 0 unspecified atom stereocenters. The van der Waals surface area contributed by atoms with Crippen LogP contribution in [0.2, 0.25) is 0 Å². The highest BCUT2D eigenvalue weighted by molar-refractivity contribution is 7.18. The van der Waals surface area contributed by atoms with Gasteiger partial charge in [-0.05, 0) is 56.9 Å². The second-order valence-corrected chi connectivity index (χ2v) is 9.89. The third-order valence-electron chi connectivity index (χ3n) is 6.54. The zero-order chi connectivity index (χ0) is 24.6. The minimum absolute atomic E-state index is 0.709.